The summed E-state index contributed by atoms with van der Waals surface area (Å²) in [6, 6.07) is 7.90. The fraction of sp³-hybridized carbons (Fsp3) is 0.500. The molecule has 2 aliphatic rings. The van der Waals surface area contributed by atoms with Crippen molar-refractivity contribution in [3.05, 3.63) is 29.8 Å². The molecule has 21 heavy (non-hydrogen) atoms. The molecular weight excluding hydrogens is 266 g/mol. The van der Waals surface area contributed by atoms with Gasteiger partial charge in [-0.3, -0.25) is 9.59 Å². The molecule has 0 spiro atoms. The summed E-state index contributed by atoms with van der Waals surface area (Å²) >= 11 is 0. The lowest BCUT2D eigenvalue weighted by molar-refractivity contribution is -0.127. The Morgan fingerprint density at radius 2 is 2.05 bits per heavy atom. The second-order valence-electron chi connectivity index (χ2n) is 5.83. The van der Waals surface area contributed by atoms with Crippen LogP contribution in [-0.4, -0.2) is 31.4 Å². The number of amides is 2. The van der Waals surface area contributed by atoms with E-state index in [0.29, 0.717) is 6.42 Å². The van der Waals surface area contributed by atoms with Crippen molar-refractivity contribution in [1.82, 2.24) is 10.6 Å². The first-order chi connectivity index (χ1) is 10.1. The van der Waals surface area contributed by atoms with Crippen molar-refractivity contribution in [1.29, 1.82) is 0 Å². The normalized spacial score (nSPS) is 20.2. The molecule has 2 heterocycles. The molecule has 1 atom stereocenters. The molecule has 2 saturated heterocycles. The number of anilines is 1. The molecule has 0 aliphatic carbocycles. The standard InChI is InChI=1S/C16H21N3O2/c1-11(18-16(21)13-9-17-10-13)12-4-6-14(7-5-12)19-8-2-3-15(19)20/h4-7,11,13,17H,2-3,8-10H2,1H3,(H,18,21). The summed E-state index contributed by atoms with van der Waals surface area (Å²) in [6.45, 7) is 4.34. The molecule has 0 saturated carbocycles. The summed E-state index contributed by atoms with van der Waals surface area (Å²) in [5.41, 5.74) is 2.01. The molecule has 2 fully saturated rings. The van der Waals surface area contributed by atoms with Gasteiger partial charge in [-0.1, -0.05) is 12.1 Å². The Kier molecular flexibility index (Phi) is 3.92. The number of hydrogen-bond acceptors (Lipinski definition) is 3. The highest BCUT2D eigenvalue weighted by Gasteiger charge is 2.26. The molecule has 1 aromatic carbocycles. The Balaban J connectivity index is 1.63. The van der Waals surface area contributed by atoms with Crippen molar-refractivity contribution < 1.29 is 9.59 Å². The van der Waals surface area contributed by atoms with Crippen molar-refractivity contribution in [3.8, 4) is 0 Å². The third-order valence-corrected chi connectivity index (χ3v) is 4.29. The van der Waals surface area contributed by atoms with Gasteiger partial charge in [0.1, 0.15) is 0 Å². The molecule has 5 heteroatoms. The highest BCUT2D eigenvalue weighted by atomic mass is 16.2. The lowest BCUT2D eigenvalue weighted by atomic mass is 10.0. The summed E-state index contributed by atoms with van der Waals surface area (Å²) in [7, 11) is 0. The van der Waals surface area contributed by atoms with E-state index in [2.05, 4.69) is 10.6 Å². The summed E-state index contributed by atoms with van der Waals surface area (Å²) in [5, 5.41) is 6.14. The van der Waals surface area contributed by atoms with Crippen LogP contribution in [0, 0.1) is 5.92 Å². The monoisotopic (exact) mass is 287 g/mol. The molecule has 0 bridgehead atoms. The van der Waals surface area contributed by atoms with Gasteiger partial charge in [-0.2, -0.15) is 0 Å². The smallest absolute Gasteiger partial charge is 0.227 e. The zero-order valence-electron chi connectivity index (χ0n) is 12.3. The molecular formula is C16H21N3O2. The van der Waals surface area contributed by atoms with Crippen molar-refractivity contribution in [2.75, 3.05) is 24.5 Å². The van der Waals surface area contributed by atoms with Gasteiger partial charge in [0.25, 0.3) is 0 Å². The van der Waals surface area contributed by atoms with E-state index in [1.54, 1.807) is 0 Å². The van der Waals surface area contributed by atoms with E-state index in [4.69, 9.17) is 0 Å². The summed E-state index contributed by atoms with van der Waals surface area (Å²) in [4.78, 5) is 25.5. The van der Waals surface area contributed by atoms with Crippen molar-refractivity contribution >= 4 is 17.5 Å². The number of carbonyl (C=O) groups excluding carboxylic acids is 2. The molecule has 3 rings (SSSR count). The van der Waals surface area contributed by atoms with Crippen LogP contribution < -0.4 is 15.5 Å². The highest BCUT2D eigenvalue weighted by Crippen LogP contribution is 2.23. The van der Waals surface area contributed by atoms with Gasteiger partial charge >= 0.3 is 0 Å². The van der Waals surface area contributed by atoms with Crippen LogP contribution in [0.3, 0.4) is 0 Å². The first kappa shape index (κ1) is 14.1. The quantitative estimate of drug-likeness (QED) is 0.875. The molecule has 2 aliphatic heterocycles. The number of benzene rings is 1. The van der Waals surface area contributed by atoms with Crippen LogP contribution in [0.1, 0.15) is 31.4 Å². The Hall–Kier alpha value is -1.88. The molecule has 5 nitrogen and oxygen atoms in total. The van der Waals surface area contributed by atoms with E-state index in [1.807, 2.05) is 36.1 Å². The summed E-state index contributed by atoms with van der Waals surface area (Å²) in [6.07, 6.45) is 1.58. The maximum Gasteiger partial charge on any atom is 0.227 e. The van der Waals surface area contributed by atoms with Gasteiger partial charge in [0, 0.05) is 31.7 Å². The lowest BCUT2D eigenvalue weighted by Gasteiger charge is -2.27. The number of hydrogen-bond donors (Lipinski definition) is 2. The average molecular weight is 287 g/mol. The zero-order valence-corrected chi connectivity index (χ0v) is 12.3. The van der Waals surface area contributed by atoms with E-state index in [0.717, 1.165) is 37.3 Å². The van der Waals surface area contributed by atoms with Gasteiger partial charge in [0.15, 0.2) is 0 Å². The predicted octanol–water partition coefficient (Wildman–Crippen LogP) is 1.21. The zero-order chi connectivity index (χ0) is 14.8. The molecule has 112 valence electrons. The fourth-order valence-corrected chi connectivity index (χ4v) is 2.75. The third kappa shape index (κ3) is 2.93. The van der Waals surface area contributed by atoms with Gasteiger partial charge in [-0.25, -0.2) is 0 Å². The number of carbonyl (C=O) groups is 2. The van der Waals surface area contributed by atoms with Crippen LogP contribution >= 0.6 is 0 Å². The number of rotatable bonds is 4. The van der Waals surface area contributed by atoms with Gasteiger partial charge < -0.3 is 15.5 Å². The minimum atomic E-state index is -0.0126. The van der Waals surface area contributed by atoms with E-state index in [-0.39, 0.29) is 23.8 Å². The van der Waals surface area contributed by atoms with Gasteiger partial charge in [0.05, 0.1) is 12.0 Å². The van der Waals surface area contributed by atoms with Crippen molar-refractivity contribution in [3.63, 3.8) is 0 Å². The van der Waals surface area contributed by atoms with Crippen molar-refractivity contribution in [2.24, 2.45) is 5.92 Å². The SMILES string of the molecule is CC(NC(=O)C1CNC1)c1ccc(N2CCCC2=O)cc1. The first-order valence-corrected chi connectivity index (χ1v) is 7.56. The molecule has 0 aromatic heterocycles. The summed E-state index contributed by atoms with van der Waals surface area (Å²) in [5.74, 6) is 0.413. The van der Waals surface area contributed by atoms with Gasteiger partial charge in [-0.15, -0.1) is 0 Å². The van der Waals surface area contributed by atoms with Gasteiger partial charge in [0.2, 0.25) is 11.8 Å². The molecule has 2 N–H and O–H groups in total. The topological polar surface area (TPSA) is 61.4 Å². The third-order valence-electron chi connectivity index (χ3n) is 4.29. The Labute approximate surface area is 124 Å². The number of nitrogens with zero attached hydrogens (tertiary/aromatic N) is 1. The second-order valence-corrected chi connectivity index (χ2v) is 5.83. The minimum absolute atomic E-state index is 0.0126. The van der Waals surface area contributed by atoms with Crippen molar-refractivity contribution in [2.45, 2.75) is 25.8 Å². The van der Waals surface area contributed by atoms with Crippen LogP contribution in [-0.2, 0) is 9.59 Å². The largest absolute Gasteiger partial charge is 0.349 e. The van der Waals surface area contributed by atoms with Gasteiger partial charge in [-0.05, 0) is 31.0 Å². The second kappa shape index (κ2) is 5.85. The van der Waals surface area contributed by atoms with E-state index in [9.17, 15) is 9.59 Å². The Morgan fingerprint density at radius 3 is 2.57 bits per heavy atom. The first-order valence-electron chi connectivity index (χ1n) is 7.56. The van der Waals surface area contributed by atoms with Crippen LogP contribution in [0.5, 0.6) is 0 Å². The Bertz CT molecular complexity index is 537. The van der Waals surface area contributed by atoms with Crippen LogP contribution in [0.4, 0.5) is 5.69 Å². The molecule has 1 unspecified atom stereocenters. The van der Waals surface area contributed by atoms with E-state index >= 15 is 0 Å². The lowest BCUT2D eigenvalue weighted by Crippen LogP contribution is -2.51. The molecule has 2 amide bonds. The average Bonchev–Trinajstić information content (AvgIpc) is 2.83. The van der Waals surface area contributed by atoms with Crippen LogP contribution in [0.15, 0.2) is 24.3 Å². The maximum absolute atomic E-state index is 11.9. The summed E-state index contributed by atoms with van der Waals surface area (Å²) < 4.78 is 0. The fourth-order valence-electron chi connectivity index (χ4n) is 2.75. The molecule has 0 radical (unpaired) electrons. The molecule has 1 aromatic rings. The van der Waals surface area contributed by atoms with Crippen LogP contribution in [0.25, 0.3) is 0 Å². The minimum Gasteiger partial charge on any atom is -0.349 e. The van der Waals surface area contributed by atoms with E-state index < -0.39 is 0 Å². The predicted molar refractivity (Wildman–Crippen MR) is 80.9 cm³/mol. The Morgan fingerprint density at radius 1 is 1.33 bits per heavy atom. The maximum atomic E-state index is 11.9. The highest BCUT2D eigenvalue weighted by molar-refractivity contribution is 5.95. The van der Waals surface area contributed by atoms with Crippen LogP contribution in [0.2, 0.25) is 0 Å². The number of nitrogens with one attached hydrogen (secondary N) is 2. The van der Waals surface area contributed by atoms with E-state index in [1.165, 1.54) is 0 Å².